The van der Waals surface area contributed by atoms with Crippen LogP contribution in [0.1, 0.15) is 0 Å². The first-order chi connectivity index (χ1) is 6.86. The van der Waals surface area contributed by atoms with Crippen LogP contribution in [0.4, 0.5) is 0 Å². The van der Waals surface area contributed by atoms with Crippen LogP contribution in [0.25, 0.3) is 0 Å². The molecule has 14 heavy (non-hydrogen) atoms. The first-order valence-corrected chi connectivity index (χ1v) is 6.17. The number of aromatic nitrogens is 1. The Hall–Kier alpha value is -0.990. The lowest BCUT2D eigenvalue weighted by molar-refractivity contribution is -0.678. The van der Waals surface area contributed by atoms with Gasteiger partial charge in [0.05, 0.1) is 11.8 Å². The SMILES string of the molecule is CS/C(=N\[n+]1ccccc1)SCC#N. The Morgan fingerprint density at radius 1 is 1.43 bits per heavy atom. The normalized spacial score (nSPS) is 11.0. The highest BCUT2D eigenvalue weighted by molar-refractivity contribution is 8.38. The topological polar surface area (TPSA) is 40.0 Å². The molecule has 0 aliphatic heterocycles. The van der Waals surface area contributed by atoms with Gasteiger partial charge >= 0.3 is 0 Å². The average molecular weight is 224 g/mol. The molecule has 0 radical (unpaired) electrons. The van der Waals surface area contributed by atoms with Crippen molar-refractivity contribution in [3.8, 4) is 6.07 Å². The number of hydrogen-bond donors (Lipinski definition) is 0. The van der Waals surface area contributed by atoms with E-state index < -0.39 is 0 Å². The Kier molecular flexibility index (Phi) is 5.12. The van der Waals surface area contributed by atoms with Crippen LogP contribution in [0.3, 0.4) is 0 Å². The van der Waals surface area contributed by atoms with Gasteiger partial charge in [0.25, 0.3) is 0 Å². The number of rotatable bonds is 2. The fourth-order valence-corrected chi connectivity index (χ4v) is 1.94. The van der Waals surface area contributed by atoms with Crippen molar-refractivity contribution in [3.05, 3.63) is 30.6 Å². The molecule has 0 saturated heterocycles. The zero-order valence-corrected chi connectivity index (χ0v) is 9.38. The maximum Gasteiger partial charge on any atom is 0.202 e. The minimum atomic E-state index is 0.438. The Morgan fingerprint density at radius 3 is 2.71 bits per heavy atom. The summed E-state index contributed by atoms with van der Waals surface area (Å²) in [5.41, 5.74) is 0. The molecule has 3 nitrogen and oxygen atoms in total. The molecular weight excluding hydrogens is 214 g/mol. The van der Waals surface area contributed by atoms with Gasteiger partial charge in [-0.1, -0.05) is 34.3 Å². The van der Waals surface area contributed by atoms with Gasteiger partial charge in [-0.25, -0.2) is 0 Å². The van der Waals surface area contributed by atoms with E-state index in [4.69, 9.17) is 5.26 Å². The molecule has 1 heterocycles. The summed E-state index contributed by atoms with van der Waals surface area (Å²) >= 11 is 2.99. The summed E-state index contributed by atoms with van der Waals surface area (Å²) in [4.78, 5) is 0. The molecule has 72 valence electrons. The van der Waals surface area contributed by atoms with Gasteiger partial charge in [0.1, 0.15) is 0 Å². The zero-order valence-electron chi connectivity index (χ0n) is 7.75. The van der Waals surface area contributed by atoms with Crippen LogP contribution in [-0.2, 0) is 0 Å². The van der Waals surface area contributed by atoms with Crippen molar-refractivity contribution in [1.29, 1.82) is 5.26 Å². The quantitative estimate of drug-likeness (QED) is 0.436. The summed E-state index contributed by atoms with van der Waals surface area (Å²) in [6, 6.07) is 7.84. The average Bonchev–Trinajstić information content (AvgIpc) is 2.25. The van der Waals surface area contributed by atoms with E-state index in [0.717, 1.165) is 4.38 Å². The molecule has 0 aliphatic rings. The molecule has 5 heteroatoms. The first kappa shape index (κ1) is 11.1. The van der Waals surface area contributed by atoms with Gasteiger partial charge in [0.15, 0.2) is 4.38 Å². The van der Waals surface area contributed by atoms with Gasteiger partial charge in [-0.15, -0.1) is 0 Å². The molecule has 0 amide bonds. The molecule has 0 fully saturated rings. The van der Waals surface area contributed by atoms with E-state index in [9.17, 15) is 0 Å². The number of pyridine rings is 1. The number of nitrogens with zero attached hydrogens (tertiary/aromatic N) is 3. The number of nitriles is 1. The smallest absolute Gasteiger partial charge is 0.197 e. The monoisotopic (exact) mass is 224 g/mol. The van der Waals surface area contributed by atoms with Crippen LogP contribution in [0.2, 0.25) is 0 Å². The van der Waals surface area contributed by atoms with Crippen LogP contribution in [0, 0.1) is 11.3 Å². The highest BCUT2D eigenvalue weighted by atomic mass is 32.2. The third-order valence-corrected chi connectivity index (χ3v) is 3.22. The van der Waals surface area contributed by atoms with E-state index in [2.05, 4.69) is 11.2 Å². The molecule has 0 N–H and O–H groups in total. The van der Waals surface area contributed by atoms with E-state index in [1.807, 2.05) is 36.8 Å². The van der Waals surface area contributed by atoms with E-state index in [-0.39, 0.29) is 0 Å². The third-order valence-electron chi connectivity index (χ3n) is 1.33. The molecule has 0 saturated carbocycles. The van der Waals surface area contributed by atoms with Gasteiger partial charge in [-0.05, 0) is 6.26 Å². The fourth-order valence-electron chi connectivity index (χ4n) is 0.773. The summed E-state index contributed by atoms with van der Waals surface area (Å²) in [6.07, 6.45) is 5.68. The second-order valence-electron chi connectivity index (χ2n) is 2.27. The van der Waals surface area contributed by atoms with Crippen LogP contribution >= 0.6 is 23.5 Å². The Labute approximate surface area is 91.8 Å². The number of hydrogen-bond acceptors (Lipinski definition) is 4. The summed E-state index contributed by atoms with van der Waals surface area (Å²) in [5, 5.41) is 12.8. The van der Waals surface area contributed by atoms with Crippen molar-refractivity contribution in [2.45, 2.75) is 0 Å². The lowest BCUT2D eigenvalue weighted by Gasteiger charge is -1.93. The minimum Gasteiger partial charge on any atom is -0.197 e. The largest absolute Gasteiger partial charge is 0.202 e. The molecule has 0 aliphatic carbocycles. The third kappa shape index (κ3) is 3.81. The highest BCUT2D eigenvalue weighted by Crippen LogP contribution is 2.12. The van der Waals surface area contributed by atoms with Crippen molar-refractivity contribution in [1.82, 2.24) is 0 Å². The fraction of sp³-hybridized carbons (Fsp3) is 0.222. The van der Waals surface area contributed by atoms with Gasteiger partial charge in [0, 0.05) is 17.2 Å². The summed E-state index contributed by atoms with van der Waals surface area (Å²) < 4.78 is 2.62. The van der Waals surface area contributed by atoms with Crippen molar-refractivity contribution in [2.75, 3.05) is 12.0 Å². The molecule has 1 rings (SSSR count). The molecule has 1 aromatic heterocycles. The summed E-state index contributed by atoms with van der Waals surface area (Å²) in [6.45, 7) is 0. The Bertz CT molecular complexity index is 343. The molecule has 0 spiro atoms. The van der Waals surface area contributed by atoms with Crippen molar-refractivity contribution in [2.24, 2.45) is 5.10 Å². The minimum absolute atomic E-state index is 0.438. The molecule has 1 aromatic rings. The Balaban J connectivity index is 2.69. The van der Waals surface area contributed by atoms with Crippen LogP contribution in [-0.4, -0.2) is 16.4 Å². The molecule has 0 bridgehead atoms. The second-order valence-corrected chi connectivity index (χ2v) is 4.29. The van der Waals surface area contributed by atoms with Crippen molar-refractivity contribution in [3.63, 3.8) is 0 Å². The van der Waals surface area contributed by atoms with E-state index in [1.165, 1.54) is 11.8 Å². The van der Waals surface area contributed by atoms with Crippen LogP contribution in [0.5, 0.6) is 0 Å². The summed E-state index contributed by atoms with van der Waals surface area (Å²) in [7, 11) is 0. The lowest BCUT2D eigenvalue weighted by Crippen LogP contribution is -2.26. The number of thioether (sulfide) groups is 2. The molecular formula is C9H10N3S2+. The zero-order chi connectivity index (χ0) is 10.2. The molecule has 0 atom stereocenters. The van der Waals surface area contributed by atoms with Gasteiger partial charge in [0.2, 0.25) is 12.4 Å². The standard InChI is InChI=1S/C9H10N3S2/c1-13-9(14-8-5-10)11-12-6-3-2-4-7-12/h2-4,6-7H,8H2,1H3/q+1/b11-9+. The van der Waals surface area contributed by atoms with Crippen LogP contribution in [0.15, 0.2) is 35.7 Å². The molecule has 0 aromatic carbocycles. The predicted octanol–water partition coefficient (Wildman–Crippen LogP) is 1.71. The van der Waals surface area contributed by atoms with Crippen molar-refractivity contribution >= 4 is 27.9 Å². The first-order valence-electron chi connectivity index (χ1n) is 3.96. The predicted molar refractivity (Wildman–Crippen MR) is 61.1 cm³/mol. The maximum atomic E-state index is 8.43. The molecule has 0 unspecified atom stereocenters. The van der Waals surface area contributed by atoms with E-state index >= 15 is 0 Å². The Morgan fingerprint density at radius 2 is 2.14 bits per heavy atom. The van der Waals surface area contributed by atoms with Gasteiger partial charge < -0.3 is 0 Å². The lowest BCUT2D eigenvalue weighted by atomic mass is 10.5. The van der Waals surface area contributed by atoms with E-state index in [0.29, 0.717) is 5.75 Å². The van der Waals surface area contributed by atoms with Crippen molar-refractivity contribution < 1.29 is 4.68 Å². The highest BCUT2D eigenvalue weighted by Gasteiger charge is 2.02. The summed E-state index contributed by atoms with van der Waals surface area (Å²) in [5.74, 6) is 0.438. The van der Waals surface area contributed by atoms with E-state index in [1.54, 1.807) is 16.4 Å². The van der Waals surface area contributed by atoms with Gasteiger partial charge in [-0.2, -0.15) is 5.26 Å². The second kappa shape index (κ2) is 6.46. The maximum absolute atomic E-state index is 8.43. The van der Waals surface area contributed by atoms with Crippen LogP contribution < -0.4 is 4.68 Å². The van der Waals surface area contributed by atoms with Gasteiger partial charge in [-0.3, -0.25) is 0 Å².